The van der Waals surface area contributed by atoms with Crippen LogP contribution in [0.3, 0.4) is 0 Å². The number of benzene rings is 1. The molecule has 0 radical (unpaired) electrons. The normalized spacial score (nSPS) is 10.7. The molecule has 1 amide bonds. The molecule has 0 spiro atoms. The summed E-state index contributed by atoms with van der Waals surface area (Å²) in [5, 5.41) is 6.75. The van der Waals surface area contributed by atoms with E-state index in [0.29, 0.717) is 6.42 Å². The van der Waals surface area contributed by atoms with Gasteiger partial charge in [0.05, 0.1) is 5.69 Å². The maximum atomic E-state index is 13.7. The van der Waals surface area contributed by atoms with Crippen molar-refractivity contribution in [2.24, 2.45) is 7.05 Å². The molecule has 2 aromatic rings. The first kappa shape index (κ1) is 15.6. The highest BCUT2D eigenvalue weighted by Crippen LogP contribution is 2.19. The van der Waals surface area contributed by atoms with Crippen LogP contribution in [0, 0.1) is 11.6 Å². The number of halogens is 3. The molecular formula is C14H14BrF2N3O. The van der Waals surface area contributed by atoms with Crippen molar-refractivity contribution in [2.75, 3.05) is 0 Å². The van der Waals surface area contributed by atoms with Gasteiger partial charge >= 0.3 is 0 Å². The Hall–Kier alpha value is -1.76. The molecule has 2 rings (SSSR count). The second kappa shape index (κ2) is 6.34. The smallest absolute Gasteiger partial charge is 0.257 e. The van der Waals surface area contributed by atoms with E-state index >= 15 is 0 Å². The first-order valence-electron chi connectivity index (χ1n) is 6.36. The highest BCUT2D eigenvalue weighted by Gasteiger charge is 2.18. The third kappa shape index (κ3) is 3.47. The summed E-state index contributed by atoms with van der Waals surface area (Å²) < 4.78 is 29.3. The third-order valence-corrected chi connectivity index (χ3v) is 3.46. The summed E-state index contributed by atoms with van der Waals surface area (Å²) in [6, 6.07) is 2.11. The van der Waals surface area contributed by atoms with Gasteiger partial charge in [0.15, 0.2) is 0 Å². The van der Waals surface area contributed by atoms with Gasteiger partial charge in [-0.05, 0) is 18.6 Å². The standard InChI is InChI=1S/C14H14BrF2N3O/c1-3-12-8(7-20(2)19-12)6-18-14(21)13-10(16)4-9(15)5-11(13)17/h4-5,7H,3,6H2,1-2H3,(H,18,21). The molecule has 1 heterocycles. The SMILES string of the molecule is CCc1nn(C)cc1CNC(=O)c1c(F)cc(Br)cc1F. The van der Waals surface area contributed by atoms with E-state index in [0.717, 1.165) is 23.4 Å². The van der Waals surface area contributed by atoms with Crippen LogP contribution < -0.4 is 5.32 Å². The Bertz CT molecular complexity index is 662. The summed E-state index contributed by atoms with van der Waals surface area (Å²) in [7, 11) is 1.78. The molecule has 0 saturated heterocycles. The van der Waals surface area contributed by atoms with E-state index in [1.165, 1.54) is 0 Å². The number of aromatic nitrogens is 2. The lowest BCUT2D eigenvalue weighted by Gasteiger charge is -2.07. The van der Waals surface area contributed by atoms with Gasteiger partial charge in [-0.3, -0.25) is 9.48 Å². The number of hydrogen-bond acceptors (Lipinski definition) is 2. The van der Waals surface area contributed by atoms with E-state index in [1.807, 2.05) is 6.92 Å². The molecule has 0 bridgehead atoms. The van der Waals surface area contributed by atoms with E-state index in [9.17, 15) is 13.6 Å². The molecule has 4 nitrogen and oxygen atoms in total. The molecular weight excluding hydrogens is 344 g/mol. The van der Waals surface area contributed by atoms with Gasteiger partial charge in [0, 0.05) is 29.8 Å². The number of carbonyl (C=O) groups is 1. The quantitative estimate of drug-likeness (QED) is 0.914. The number of aryl methyl sites for hydroxylation is 2. The van der Waals surface area contributed by atoms with Crippen LogP contribution >= 0.6 is 15.9 Å². The van der Waals surface area contributed by atoms with Gasteiger partial charge in [0.2, 0.25) is 0 Å². The summed E-state index contributed by atoms with van der Waals surface area (Å²) in [4.78, 5) is 11.9. The molecule has 0 aliphatic rings. The third-order valence-electron chi connectivity index (χ3n) is 3.00. The molecule has 0 unspecified atom stereocenters. The Balaban J connectivity index is 2.15. The molecule has 112 valence electrons. The lowest BCUT2D eigenvalue weighted by Crippen LogP contribution is -2.25. The van der Waals surface area contributed by atoms with Gasteiger partial charge in [0.1, 0.15) is 17.2 Å². The van der Waals surface area contributed by atoms with Crippen molar-refractivity contribution in [3.05, 3.63) is 51.3 Å². The zero-order valence-corrected chi connectivity index (χ0v) is 13.2. The molecule has 7 heteroatoms. The van der Waals surface area contributed by atoms with Crippen molar-refractivity contribution < 1.29 is 13.6 Å². The van der Waals surface area contributed by atoms with Crippen LogP contribution in [0.4, 0.5) is 8.78 Å². The van der Waals surface area contributed by atoms with Crippen LogP contribution in [0.15, 0.2) is 22.8 Å². The van der Waals surface area contributed by atoms with Crippen molar-refractivity contribution >= 4 is 21.8 Å². The minimum atomic E-state index is -0.902. The van der Waals surface area contributed by atoms with Crippen molar-refractivity contribution in [1.82, 2.24) is 15.1 Å². The molecule has 1 aromatic carbocycles. The minimum absolute atomic E-state index is 0.171. The number of rotatable bonds is 4. The fourth-order valence-corrected chi connectivity index (χ4v) is 2.45. The fourth-order valence-electron chi connectivity index (χ4n) is 2.05. The maximum Gasteiger partial charge on any atom is 0.257 e. The minimum Gasteiger partial charge on any atom is -0.348 e. The first-order valence-corrected chi connectivity index (χ1v) is 7.15. The summed E-state index contributed by atoms with van der Waals surface area (Å²) >= 11 is 2.97. The molecule has 0 fully saturated rings. The number of hydrogen-bond donors (Lipinski definition) is 1. The van der Waals surface area contributed by atoms with Gasteiger partial charge < -0.3 is 5.32 Å². The van der Waals surface area contributed by atoms with Crippen LogP contribution in [0.1, 0.15) is 28.5 Å². The van der Waals surface area contributed by atoms with Gasteiger partial charge in [-0.1, -0.05) is 22.9 Å². The summed E-state index contributed by atoms with van der Waals surface area (Å²) in [6.45, 7) is 2.12. The van der Waals surface area contributed by atoms with E-state index in [4.69, 9.17) is 0 Å². The van der Waals surface area contributed by atoms with Crippen LogP contribution in [0.25, 0.3) is 0 Å². The van der Waals surface area contributed by atoms with Crippen molar-refractivity contribution in [1.29, 1.82) is 0 Å². The Morgan fingerprint density at radius 2 is 2.00 bits per heavy atom. The van der Waals surface area contributed by atoms with Crippen molar-refractivity contribution in [2.45, 2.75) is 19.9 Å². The first-order chi connectivity index (χ1) is 9.92. The molecule has 0 atom stereocenters. The lowest BCUT2D eigenvalue weighted by molar-refractivity contribution is 0.0942. The van der Waals surface area contributed by atoms with Crippen LogP contribution in [0.5, 0.6) is 0 Å². The number of nitrogens with zero attached hydrogens (tertiary/aromatic N) is 2. The van der Waals surface area contributed by atoms with Gasteiger partial charge in [-0.25, -0.2) is 8.78 Å². The second-order valence-corrected chi connectivity index (χ2v) is 5.47. The predicted molar refractivity (Wildman–Crippen MR) is 77.8 cm³/mol. The van der Waals surface area contributed by atoms with Crippen molar-refractivity contribution in [3.8, 4) is 0 Å². The molecule has 21 heavy (non-hydrogen) atoms. The molecule has 0 saturated carbocycles. The van der Waals surface area contributed by atoms with E-state index < -0.39 is 23.1 Å². The average Bonchev–Trinajstić information content (AvgIpc) is 2.75. The van der Waals surface area contributed by atoms with E-state index in [2.05, 4.69) is 26.3 Å². The van der Waals surface area contributed by atoms with Crippen LogP contribution in [-0.2, 0) is 20.0 Å². The predicted octanol–water partition coefficient (Wildman–Crippen LogP) is 2.95. The molecule has 0 aliphatic carbocycles. The topological polar surface area (TPSA) is 46.9 Å². The Morgan fingerprint density at radius 1 is 1.38 bits per heavy atom. The molecule has 1 aromatic heterocycles. The van der Waals surface area contributed by atoms with E-state index in [-0.39, 0.29) is 11.0 Å². The highest BCUT2D eigenvalue weighted by atomic mass is 79.9. The monoisotopic (exact) mass is 357 g/mol. The maximum absolute atomic E-state index is 13.7. The zero-order valence-electron chi connectivity index (χ0n) is 11.6. The van der Waals surface area contributed by atoms with Gasteiger partial charge in [-0.2, -0.15) is 5.10 Å². The van der Waals surface area contributed by atoms with Crippen LogP contribution in [-0.4, -0.2) is 15.7 Å². The van der Waals surface area contributed by atoms with Crippen LogP contribution in [0.2, 0.25) is 0 Å². The second-order valence-electron chi connectivity index (χ2n) is 4.56. The largest absolute Gasteiger partial charge is 0.348 e. The zero-order chi connectivity index (χ0) is 15.6. The molecule has 0 aliphatic heterocycles. The summed E-state index contributed by atoms with van der Waals surface area (Å²) in [5.74, 6) is -2.59. The Kier molecular flexibility index (Phi) is 4.72. The number of amides is 1. The Morgan fingerprint density at radius 3 is 2.57 bits per heavy atom. The number of nitrogens with one attached hydrogen (secondary N) is 1. The number of carbonyl (C=O) groups excluding carboxylic acids is 1. The molecule has 1 N–H and O–H groups in total. The van der Waals surface area contributed by atoms with Gasteiger partial charge in [-0.15, -0.1) is 0 Å². The highest BCUT2D eigenvalue weighted by molar-refractivity contribution is 9.10. The van der Waals surface area contributed by atoms with E-state index in [1.54, 1.807) is 17.9 Å². The summed E-state index contributed by atoms with van der Waals surface area (Å²) in [6.07, 6.45) is 2.49. The Labute approximate surface area is 129 Å². The lowest BCUT2D eigenvalue weighted by atomic mass is 10.1. The van der Waals surface area contributed by atoms with Crippen molar-refractivity contribution in [3.63, 3.8) is 0 Å². The summed E-state index contributed by atoms with van der Waals surface area (Å²) in [5.41, 5.74) is 1.08. The van der Waals surface area contributed by atoms with Gasteiger partial charge in [0.25, 0.3) is 5.91 Å². The average molecular weight is 358 g/mol. The fraction of sp³-hybridized carbons (Fsp3) is 0.286.